The third-order valence-electron chi connectivity index (χ3n) is 5.20. The first-order valence-corrected chi connectivity index (χ1v) is 9.42. The number of benzene rings is 1. The molecule has 0 unspecified atom stereocenters. The van der Waals surface area contributed by atoms with Crippen molar-refractivity contribution in [3.8, 4) is 11.1 Å². The summed E-state index contributed by atoms with van der Waals surface area (Å²) in [5.41, 5.74) is 4.52. The molecule has 0 N–H and O–H groups in total. The molecule has 4 nitrogen and oxygen atoms in total. The Morgan fingerprint density at radius 3 is 2.65 bits per heavy atom. The van der Waals surface area contributed by atoms with Crippen molar-refractivity contribution in [2.45, 2.75) is 38.1 Å². The molecule has 134 valence electrons. The molecule has 2 heterocycles. The van der Waals surface area contributed by atoms with Crippen molar-refractivity contribution in [1.82, 2.24) is 14.3 Å². The molecule has 5 heteroatoms. The van der Waals surface area contributed by atoms with Crippen LogP contribution in [0.2, 0.25) is 5.02 Å². The molecule has 0 amide bonds. The van der Waals surface area contributed by atoms with Crippen molar-refractivity contribution in [3.05, 3.63) is 65.2 Å². The van der Waals surface area contributed by atoms with Crippen molar-refractivity contribution in [2.75, 3.05) is 0 Å². The van der Waals surface area contributed by atoms with Gasteiger partial charge in [0.2, 0.25) is 0 Å². The molecule has 0 aliphatic heterocycles. The number of hydrogen-bond acceptors (Lipinski definition) is 2. The average Bonchev–Trinajstić information content (AvgIpc) is 3.27. The number of carbonyl (C=O) groups is 1. The summed E-state index contributed by atoms with van der Waals surface area (Å²) in [6.07, 6.45) is 12.3. The first kappa shape index (κ1) is 17.1. The predicted molar refractivity (Wildman–Crippen MR) is 103 cm³/mol. The molecule has 26 heavy (non-hydrogen) atoms. The second kappa shape index (κ2) is 7.12. The van der Waals surface area contributed by atoms with E-state index in [1.165, 1.54) is 5.56 Å². The van der Waals surface area contributed by atoms with Crippen LogP contribution in [0.25, 0.3) is 11.1 Å². The van der Waals surface area contributed by atoms with Gasteiger partial charge in [0.15, 0.2) is 0 Å². The van der Waals surface area contributed by atoms with Crippen LogP contribution in [0.4, 0.5) is 0 Å². The number of aromatic nitrogens is 3. The fraction of sp³-hybridized carbons (Fsp3) is 0.333. The summed E-state index contributed by atoms with van der Waals surface area (Å²) < 4.78 is 4.05. The summed E-state index contributed by atoms with van der Waals surface area (Å²) in [5.74, 6) is 0.397. The van der Waals surface area contributed by atoms with Crippen LogP contribution in [0.3, 0.4) is 0 Å². The van der Waals surface area contributed by atoms with E-state index in [-0.39, 0.29) is 0 Å². The lowest BCUT2D eigenvalue weighted by Gasteiger charge is -2.22. The Bertz CT molecular complexity index is 930. The molecule has 0 atom stereocenters. The SMILES string of the molecule is Cn1cc(-c2ccc(Cc3ccn(C4CCC(=O)CC4)c3)c(Cl)c2)cn1. The zero-order chi connectivity index (χ0) is 18.1. The Hall–Kier alpha value is -2.33. The molecule has 0 spiro atoms. The van der Waals surface area contributed by atoms with E-state index in [1.807, 2.05) is 25.5 Å². The van der Waals surface area contributed by atoms with Crippen molar-refractivity contribution < 1.29 is 4.79 Å². The van der Waals surface area contributed by atoms with E-state index in [9.17, 15) is 4.79 Å². The Labute approximate surface area is 158 Å². The van der Waals surface area contributed by atoms with E-state index in [0.29, 0.717) is 24.7 Å². The number of carbonyl (C=O) groups excluding carboxylic acids is 1. The fourth-order valence-corrected chi connectivity index (χ4v) is 3.92. The van der Waals surface area contributed by atoms with E-state index >= 15 is 0 Å². The Morgan fingerprint density at radius 1 is 1.15 bits per heavy atom. The topological polar surface area (TPSA) is 39.8 Å². The second-order valence-electron chi connectivity index (χ2n) is 7.12. The first-order chi connectivity index (χ1) is 12.6. The smallest absolute Gasteiger partial charge is 0.133 e. The van der Waals surface area contributed by atoms with Crippen molar-refractivity contribution in [1.29, 1.82) is 0 Å². The zero-order valence-electron chi connectivity index (χ0n) is 14.9. The van der Waals surface area contributed by atoms with Crippen molar-refractivity contribution in [3.63, 3.8) is 0 Å². The van der Waals surface area contributed by atoms with Crippen LogP contribution in [0.1, 0.15) is 42.9 Å². The highest BCUT2D eigenvalue weighted by Gasteiger charge is 2.19. The summed E-state index contributed by atoms with van der Waals surface area (Å²) in [6, 6.07) is 8.81. The van der Waals surface area contributed by atoms with E-state index in [2.05, 4.69) is 40.3 Å². The number of nitrogens with zero attached hydrogens (tertiary/aromatic N) is 3. The van der Waals surface area contributed by atoms with Crippen LogP contribution in [0, 0.1) is 0 Å². The van der Waals surface area contributed by atoms with E-state index < -0.39 is 0 Å². The lowest BCUT2D eigenvalue weighted by Crippen LogP contribution is -2.16. The molecule has 1 aliphatic carbocycles. The Morgan fingerprint density at radius 2 is 1.96 bits per heavy atom. The van der Waals surface area contributed by atoms with Crippen LogP contribution >= 0.6 is 11.6 Å². The van der Waals surface area contributed by atoms with E-state index in [0.717, 1.165) is 41.0 Å². The van der Waals surface area contributed by atoms with Crippen LogP contribution < -0.4 is 0 Å². The standard InChI is InChI=1S/C21H22ClN3O/c1-24-14-18(12-23-24)16-2-3-17(21(22)11-16)10-15-8-9-25(13-15)19-4-6-20(26)7-5-19/h2-3,8-9,11-14,19H,4-7,10H2,1H3. The molecule has 4 rings (SSSR count). The van der Waals surface area contributed by atoms with Crippen LogP contribution in [-0.4, -0.2) is 20.1 Å². The summed E-state index contributed by atoms with van der Waals surface area (Å²) in [6.45, 7) is 0. The lowest BCUT2D eigenvalue weighted by atomic mass is 9.94. The van der Waals surface area contributed by atoms with Gasteiger partial charge >= 0.3 is 0 Å². The predicted octanol–water partition coefficient (Wildman–Crippen LogP) is 4.82. The highest BCUT2D eigenvalue weighted by Crippen LogP contribution is 2.29. The quantitative estimate of drug-likeness (QED) is 0.663. The minimum Gasteiger partial charge on any atom is -0.351 e. The normalized spacial score (nSPS) is 15.5. The van der Waals surface area contributed by atoms with Crippen LogP contribution in [-0.2, 0) is 18.3 Å². The summed E-state index contributed by atoms with van der Waals surface area (Å²) >= 11 is 6.54. The summed E-state index contributed by atoms with van der Waals surface area (Å²) in [4.78, 5) is 11.4. The third-order valence-corrected chi connectivity index (χ3v) is 5.55. The number of halogens is 1. The number of hydrogen-bond donors (Lipinski definition) is 0. The average molecular weight is 368 g/mol. The highest BCUT2D eigenvalue weighted by atomic mass is 35.5. The Kier molecular flexibility index (Phi) is 4.68. The van der Waals surface area contributed by atoms with Gasteiger partial charge in [-0.05, 0) is 41.7 Å². The number of ketones is 1. The van der Waals surface area contributed by atoms with Gasteiger partial charge in [-0.25, -0.2) is 0 Å². The molecule has 1 aromatic carbocycles. The maximum atomic E-state index is 11.4. The highest BCUT2D eigenvalue weighted by molar-refractivity contribution is 6.31. The van der Waals surface area contributed by atoms with Gasteiger partial charge in [0, 0.05) is 61.5 Å². The molecular weight excluding hydrogens is 346 g/mol. The van der Waals surface area contributed by atoms with Gasteiger partial charge in [-0.1, -0.05) is 23.7 Å². The van der Waals surface area contributed by atoms with E-state index in [4.69, 9.17) is 11.6 Å². The first-order valence-electron chi connectivity index (χ1n) is 9.04. The molecule has 2 aromatic heterocycles. The molecular formula is C21H22ClN3O. The van der Waals surface area contributed by atoms with Gasteiger partial charge in [0.05, 0.1) is 6.20 Å². The molecule has 1 fully saturated rings. The summed E-state index contributed by atoms with van der Waals surface area (Å²) in [5, 5.41) is 4.99. The van der Waals surface area contributed by atoms with Crippen molar-refractivity contribution >= 4 is 17.4 Å². The van der Waals surface area contributed by atoms with Crippen LogP contribution in [0.15, 0.2) is 49.1 Å². The Balaban J connectivity index is 1.48. The molecule has 0 bridgehead atoms. The van der Waals surface area contributed by atoms with Gasteiger partial charge in [0.1, 0.15) is 5.78 Å². The summed E-state index contributed by atoms with van der Waals surface area (Å²) in [7, 11) is 1.91. The fourth-order valence-electron chi connectivity index (χ4n) is 3.67. The van der Waals surface area contributed by atoms with Gasteiger partial charge < -0.3 is 4.57 Å². The minimum atomic E-state index is 0.397. The molecule has 0 saturated heterocycles. The molecule has 1 aliphatic rings. The number of Topliss-reactive ketones (excluding diaryl/α,β-unsaturated/α-hetero) is 1. The molecule has 1 saturated carbocycles. The molecule has 3 aromatic rings. The lowest BCUT2D eigenvalue weighted by molar-refractivity contribution is -0.120. The van der Waals surface area contributed by atoms with Gasteiger partial charge in [-0.15, -0.1) is 0 Å². The third kappa shape index (κ3) is 3.61. The minimum absolute atomic E-state index is 0.397. The zero-order valence-corrected chi connectivity index (χ0v) is 15.6. The van der Waals surface area contributed by atoms with Gasteiger partial charge in [-0.3, -0.25) is 9.48 Å². The largest absolute Gasteiger partial charge is 0.351 e. The monoisotopic (exact) mass is 367 g/mol. The maximum Gasteiger partial charge on any atom is 0.133 e. The maximum absolute atomic E-state index is 11.4. The van der Waals surface area contributed by atoms with E-state index in [1.54, 1.807) is 4.68 Å². The van der Waals surface area contributed by atoms with Gasteiger partial charge in [0.25, 0.3) is 0 Å². The van der Waals surface area contributed by atoms with Gasteiger partial charge in [-0.2, -0.15) is 5.10 Å². The number of rotatable bonds is 4. The second-order valence-corrected chi connectivity index (χ2v) is 7.53. The molecule has 0 radical (unpaired) electrons. The van der Waals surface area contributed by atoms with Crippen molar-refractivity contribution in [2.24, 2.45) is 7.05 Å². The van der Waals surface area contributed by atoms with Crippen LogP contribution in [0.5, 0.6) is 0 Å². The number of aryl methyl sites for hydroxylation is 1.